The van der Waals surface area contributed by atoms with Crippen molar-refractivity contribution in [3.8, 4) is 11.4 Å². The number of morpholine rings is 1. The van der Waals surface area contributed by atoms with E-state index in [0.717, 1.165) is 65.7 Å². The average molecular weight is 470 g/mol. The van der Waals surface area contributed by atoms with Gasteiger partial charge in [-0.1, -0.05) is 12.1 Å². The number of ether oxygens (including phenoxy) is 1. The fourth-order valence-electron chi connectivity index (χ4n) is 4.30. The highest BCUT2D eigenvalue weighted by molar-refractivity contribution is 5.85. The Kier molecular flexibility index (Phi) is 5.49. The summed E-state index contributed by atoms with van der Waals surface area (Å²) >= 11 is 0. The minimum atomic E-state index is 0.216. The Labute approximate surface area is 202 Å². The molecule has 0 amide bonds. The van der Waals surface area contributed by atoms with Crippen LogP contribution in [-0.4, -0.2) is 60.8 Å². The molecule has 0 saturated carbocycles. The fraction of sp³-hybridized carbons (Fsp3) is 0.320. The van der Waals surface area contributed by atoms with Gasteiger partial charge in [0.2, 0.25) is 0 Å². The number of nitrogens with one attached hydrogen (secondary N) is 2. The summed E-state index contributed by atoms with van der Waals surface area (Å²) in [5.74, 6) is 3.04. The van der Waals surface area contributed by atoms with Crippen LogP contribution >= 0.6 is 0 Å². The fourth-order valence-corrected chi connectivity index (χ4v) is 4.30. The van der Waals surface area contributed by atoms with Crippen molar-refractivity contribution in [2.75, 3.05) is 36.5 Å². The van der Waals surface area contributed by atoms with E-state index in [0.29, 0.717) is 18.2 Å². The SMILES string of the molecule is CC(C)n1cnc2c(NCc3nc4ccccc4[nH]3)nc(-c3ccc(N4CCOCC4)nc3)nc21. The van der Waals surface area contributed by atoms with E-state index in [1.54, 1.807) is 0 Å². The molecule has 10 nitrogen and oxygen atoms in total. The molecular formula is C25H27N9O. The van der Waals surface area contributed by atoms with E-state index in [1.165, 1.54) is 0 Å². The predicted octanol–water partition coefficient (Wildman–Crippen LogP) is 3.79. The number of rotatable bonds is 6. The third kappa shape index (κ3) is 4.17. The van der Waals surface area contributed by atoms with E-state index >= 15 is 0 Å². The highest BCUT2D eigenvalue weighted by Gasteiger charge is 2.17. The zero-order valence-corrected chi connectivity index (χ0v) is 19.8. The van der Waals surface area contributed by atoms with E-state index in [-0.39, 0.29) is 6.04 Å². The van der Waals surface area contributed by atoms with Gasteiger partial charge in [-0.2, -0.15) is 0 Å². The molecule has 0 bridgehead atoms. The maximum Gasteiger partial charge on any atom is 0.166 e. The zero-order valence-electron chi connectivity index (χ0n) is 19.8. The first-order chi connectivity index (χ1) is 17.2. The van der Waals surface area contributed by atoms with E-state index in [1.807, 2.05) is 48.9 Å². The number of aromatic amines is 1. The summed E-state index contributed by atoms with van der Waals surface area (Å²) in [6.07, 6.45) is 3.66. The first-order valence-electron chi connectivity index (χ1n) is 11.9. The van der Waals surface area contributed by atoms with Gasteiger partial charge in [0.05, 0.1) is 37.1 Å². The molecule has 10 heteroatoms. The van der Waals surface area contributed by atoms with Crippen molar-refractivity contribution in [2.45, 2.75) is 26.4 Å². The Bertz CT molecular complexity index is 1430. The van der Waals surface area contributed by atoms with Gasteiger partial charge in [-0.05, 0) is 38.1 Å². The lowest BCUT2D eigenvalue weighted by molar-refractivity contribution is 0.122. The van der Waals surface area contributed by atoms with Crippen LogP contribution < -0.4 is 10.2 Å². The Morgan fingerprint density at radius 2 is 1.89 bits per heavy atom. The van der Waals surface area contributed by atoms with Crippen LogP contribution in [0.2, 0.25) is 0 Å². The number of pyridine rings is 1. The first kappa shape index (κ1) is 21.5. The molecule has 1 saturated heterocycles. The van der Waals surface area contributed by atoms with Crippen molar-refractivity contribution in [3.63, 3.8) is 0 Å². The second-order valence-electron chi connectivity index (χ2n) is 8.87. The Balaban J connectivity index is 1.34. The number of imidazole rings is 2. The molecule has 1 fully saturated rings. The Hall–Kier alpha value is -4.05. The topological polar surface area (TPSA) is 110 Å². The van der Waals surface area contributed by atoms with Crippen LogP contribution in [0.5, 0.6) is 0 Å². The second-order valence-corrected chi connectivity index (χ2v) is 8.87. The lowest BCUT2D eigenvalue weighted by Crippen LogP contribution is -2.36. The van der Waals surface area contributed by atoms with Gasteiger partial charge >= 0.3 is 0 Å². The molecule has 5 aromatic rings. The monoisotopic (exact) mass is 469 g/mol. The minimum absolute atomic E-state index is 0.216. The minimum Gasteiger partial charge on any atom is -0.378 e. The number of nitrogens with zero attached hydrogens (tertiary/aromatic N) is 7. The molecule has 1 aromatic carbocycles. The third-order valence-electron chi connectivity index (χ3n) is 6.18. The molecule has 0 atom stereocenters. The number of para-hydroxylation sites is 2. The van der Waals surface area contributed by atoms with Gasteiger partial charge in [-0.15, -0.1) is 0 Å². The van der Waals surface area contributed by atoms with Crippen molar-refractivity contribution in [3.05, 3.63) is 54.7 Å². The highest BCUT2D eigenvalue weighted by Crippen LogP contribution is 2.27. The Morgan fingerprint density at radius 1 is 1.03 bits per heavy atom. The normalized spacial score (nSPS) is 14.3. The van der Waals surface area contributed by atoms with Crippen LogP contribution in [0.25, 0.3) is 33.6 Å². The maximum atomic E-state index is 5.45. The van der Waals surface area contributed by atoms with Crippen LogP contribution in [0.1, 0.15) is 25.7 Å². The van der Waals surface area contributed by atoms with Crippen LogP contribution in [0.15, 0.2) is 48.9 Å². The number of fused-ring (bicyclic) bond motifs is 2. The van der Waals surface area contributed by atoms with Crippen molar-refractivity contribution in [2.24, 2.45) is 0 Å². The number of H-pyrrole nitrogens is 1. The van der Waals surface area contributed by atoms with Gasteiger partial charge in [-0.3, -0.25) is 0 Å². The lowest BCUT2D eigenvalue weighted by Gasteiger charge is -2.27. The van der Waals surface area contributed by atoms with Crippen LogP contribution in [0, 0.1) is 0 Å². The summed E-state index contributed by atoms with van der Waals surface area (Å²) in [7, 11) is 0. The number of hydrogen-bond acceptors (Lipinski definition) is 8. The van der Waals surface area contributed by atoms with E-state index < -0.39 is 0 Å². The van der Waals surface area contributed by atoms with E-state index in [9.17, 15) is 0 Å². The zero-order chi connectivity index (χ0) is 23.8. The molecule has 5 heterocycles. The van der Waals surface area contributed by atoms with Crippen LogP contribution in [-0.2, 0) is 11.3 Å². The molecule has 2 N–H and O–H groups in total. The van der Waals surface area contributed by atoms with Gasteiger partial charge in [0.1, 0.15) is 17.2 Å². The molecule has 35 heavy (non-hydrogen) atoms. The van der Waals surface area contributed by atoms with Gasteiger partial charge in [-0.25, -0.2) is 24.9 Å². The molecule has 0 radical (unpaired) electrons. The molecule has 1 aliphatic heterocycles. The third-order valence-corrected chi connectivity index (χ3v) is 6.18. The largest absolute Gasteiger partial charge is 0.378 e. The quantitative estimate of drug-likeness (QED) is 0.387. The summed E-state index contributed by atoms with van der Waals surface area (Å²) in [6, 6.07) is 12.3. The van der Waals surface area contributed by atoms with Crippen molar-refractivity contribution < 1.29 is 4.74 Å². The number of aromatic nitrogens is 7. The van der Waals surface area contributed by atoms with Gasteiger partial charge in [0.25, 0.3) is 0 Å². The summed E-state index contributed by atoms with van der Waals surface area (Å²) in [6.45, 7) is 7.86. The van der Waals surface area contributed by atoms with Gasteiger partial charge in [0, 0.05) is 30.9 Å². The number of benzene rings is 1. The molecule has 0 aliphatic carbocycles. The van der Waals surface area contributed by atoms with E-state index in [2.05, 4.69) is 48.6 Å². The summed E-state index contributed by atoms with van der Waals surface area (Å²) in [4.78, 5) is 29.3. The van der Waals surface area contributed by atoms with Crippen LogP contribution in [0.3, 0.4) is 0 Å². The number of hydrogen-bond donors (Lipinski definition) is 2. The first-order valence-corrected chi connectivity index (χ1v) is 11.9. The van der Waals surface area contributed by atoms with Crippen LogP contribution in [0.4, 0.5) is 11.6 Å². The molecule has 6 rings (SSSR count). The summed E-state index contributed by atoms with van der Waals surface area (Å²) < 4.78 is 7.51. The van der Waals surface area contributed by atoms with Crippen molar-refractivity contribution in [1.82, 2.24) is 34.5 Å². The molecule has 4 aromatic heterocycles. The smallest absolute Gasteiger partial charge is 0.166 e. The highest BCUT2D eigenvalue weighted by atomic mass is 16.5. The second kappa shape index (κ2) is 8.95. The lowest BCUT2D eigenvalue weighted by atomic mass is 10.2. The Morgan fingerprint density at radius 3 is 2.66 bits per heavy atom. The van der Waals surface area contributed by atoms with E-state index in [4.69, 9.17) is 14.7 Å². The molecule has 0 unspecified atom stereocenters. The average Bonchev–Trinajstić information content (AvgIpc) is 3.52. The van der Waals surface area contributed by atoms with Crippen molar-refractivity contribution in [1.29, 1.82) is 0 Å². The van der Waals surface area contributed by atoms with Gasteiger partial charge < -0.3 is 24.5 Å². The summed E-state index contributed by atoms with van der Waals surface area (Å²) in [5, 5.41) is 3.43. The summed E-state index contributed by atoms with van der Waals surface area (Å²) in [5.41, 5.74) is 4.32. The molecule has 178 valence electrons. The van der Waals surface area contributed by atoms with Gasteiger partial charge in [0.15, 0.2) is 17.3 Å². The molecule has 1 aliphatic rings. The van der Waals surface area contributed by atoms with Crippen molar-refractivity contribution >= 4 is 33.8 Å². The maximum absolute atomic E-state index is 5.45. The molecular weight excluding hydrogens is 442 g/mol. The predicted molar refractivity (Wildman–Crippen MR) is 135 cm³/mol. The number of anilines is 2. The standard InChI is InChI=1S/C25H27N9O/c1-16(2)34-15-28-22-24(27-14-20-29-18-5-3-4-6-19(18)30-20)31-23(32-25(22)34)17-7-8-21(26-13-17)33-9-11-35-12-10-33/h3-8,13,15-16H,9-12,14H2,1-2H3,(H,29,30)(H,27,31,32). The molecule has 0 spiro atoms.